The van der Waals surface area contributed by atoms with Gasteiger partial charge in [0.2, 0.25) is 0 Å². The van der Waals surface area contributed by atoms with E-state index in [1.807, 2.05) is 0 Å². The quantitative estimate of drug-likeness (QED) is 0.515. The van der Waals surface area contributed by atoms with Gasteiger partial charge in [-0.3, -0.25) is 14.9 Å². The third-order valence-corrected chi connectivity index (χ3v) is 3.86. The zero-order valence-corrected chi connectivity index (χ0v) is 9.08. The van der Waals surface area contributed by atoms with Gasteiger partial charge in [-0.05, 0) is 37.4 Å². The van der Waals surface area contributed by atoms with Crippen molar-refractivity contribution in [2.75, 3.05) is 0 Å². The lowest BCUT2D eigenvalue weighted by molar-refractivity contribution is -0.115. The molecule has 0 unspecified atom stereocenters. The van der Waals surface area contributed by atoms with E-state index in [2.05, 4.69) is 5.32 Å². The maximum absolute atomic E-state index is 11.3. The van der Waals surface area contributed by atoms with Crippen LogP contribution in [0.1, 0.15) is 25.7 Å². The normalized spacial score (nSPS) is 28.2. The number of nitrogens with one attached hydrogen (secondary N) is 1. The Morgan fingerprint density at radius 3 is 2.43 bits per heavy atom. The second-order valence-electron chi connectivity index (χ2n) is 3.45. The summed E-state index contributed by atoms with van der Waals surface area (Å²) in [6, 6.07) is 0. The fraction of sp³-hybridized carbons (Fsp3) is 0.556. The van der Waals surface area contributed by atoms with Crippen LogP contribution in [0.15, 0.2) is 10.5 Å². The van der Waals surface area contributed by atoms with E-state index in [4.69, 9.17) is 11.6 Å². The van der Waals surface area contributed by atoms with Crippen molar-refractivity contribution in [3.05, 3.63) is 10.5 Å². The highest BCUT2D eigenvalue weighted by Gasteiger charge is 2.29. The molecule has 0 spiro atoms. The molecular formula is C9H10ClNO2S. The van der Waals surface area contributed by atoms with Crippen molar-refractivity contribution in [2.24, 2.45) is 0 Å². The van der Waals surface area contributed by atoms with Gasteiger partial charge < -0.3 is 0 Å². The Labute approximate surface area is 91.3 Å². The van der Waals surface area contributed by atoms with Crippen molar-refractivity contribution in [3.8, 4) is 0 Å². The van der Waals surface area contributed by atoms with Gasteiger partial charge >= 0.3 is 0 Å². The Morgan fingerprint density at radius 2 is 1.93 bits per heavy atom. The van der Waals surface area contributed by atoms with E-state index in [0.717, 1.165) is 43.0 Å². The maximum atomic E-state index is 11.3. The molecule has 1 aliphatic carbocycles. The number of hydrogen-bond acceptors (Lipinski definition) is 3. The van der Waals surface area contributed by atoms with E-state index >= 15 is 0 Å². The number of allylic oxidation sites excluding steroid dienone is 1. The molecule has 76 valence electrons. The molecule has 0 aromatic rings. The summed E-state index contributed by atoms with van der Waals surface area (Å²) in [5.41, 5.74) is 1.09. The van der Waals surface area contributed by atoms with Gasteiger partial charge in [0, 0.05) is 5.38 Å². The van der Waals surface area contributed by atoms with Crippen LogP contribution in [0.25, 0.3) is 0 Å². The molecule has 2 aliphatic rings. The first-order chi connectivity index (χ1) is 6.66. The summed E-state index contributed by atoms with van der Waals surface area (Å²) in [6.45, 7) is 0. The van der Waals surface area contributed by atoms with Crippen LogP contribution in [0, 0.1) is 0 Å². The molecule has 2 rings (SSSR count). The predicted molar refractivity (Wildman–Crippen MR) is 56.3 cm³/mol. The van der Waals surface area contributed by atoms with E-state index in [-0.39, 0.29) is 16.5 Å². The lowest BCUT2D eigenvalue weighted by Gasteiger charge is -2.19. The number of thioether (sulfide) groups is 1. The van der Waals surface area contributed by atoms with Crippen molar-refractivity contribution >= 4 is 34.5 Å². The maximum Gasteiger partial charge on any atom is 0.290 e. The fourth-order valence-corrected chi connectivity index (χ4v) is 2.74. The molecule has 2 fully saturated rings. The Bertz CT molecular complexity index is 317. The monoisotopic (exact) mass is 231 g/mol. The molecule has 0 radical (unpaired) electrons. The van der Waals surface area contributed by atoms with E-state index in [1.54, 1.807) is 0 Å². The smallest absolute Gasteiger partial charge is 0.282 e. The van der Waals surface area contributed by atoms with Gasteiger partial charge in [0.25, 0.3) is 11.1 Å². The van der Waals surface area contributed by atoms with Gasteiger partial charge in [-0.15, -0.1) is 11.6 Å². The van der Waals surface area contributed by atoms with Crippen LogP contribution in [-0.4, -0.2) is 16.5 Å². The molecule has 2 amide bonds. The number of rotatable bonds is 0. The number of amides is 2. The van der Waals surface area contributed by atoms with Gasteiger partial charge in [0.1, 0.15) is 0 Å². The standard InChI is InChI=1S/C9H10ClNO2S/c10-6-3-1-5(2-4-6)7-8(12)11-9(13)14-7/h6H,1-4H2,(H,11,12,13). The average Bonchev–Trinajstić information content (AvgIpc) is 2.47. The Morgan fingerprint density at radius 1 is 1.29 bits per heavy atom. The second kappa shape index (κ2) is 3.95. The molecule has 0 aromatic carbocycles. The molecule has 1 heterocycles. The van der Waals surface area contributed by atoms with Crippen molar-refractivity contribution in [1.82, 2.24) is 5.32 Å². The summed E-state index contributed by atoms with van der Waals surface area (Å²) in [7, 11) is 0. The van der Waals surface area contributed by atoms with Crippen molar-refractivity contribution in [2.45, 2.75) is 31.1 Å². The number of hydrogen-bond donors (Lipinski definition) is 1. The first kappa shape index (κ1) is 10.1. The molecule has 5 heteroatoms. The summed E-state index contributed by atoms with van der Waals surface area (Å²) in [4.78, 5) is 22.9. The average molecular weight is 232 g/mol. The third kappa shape index (κ3) is 1.96. The van der Waals surface area contributed by atoms with Crippen LogP contribution in [-0.2, 0) is 4.79 Å². The number of imide groups is 1. The van der Waals surface area contributed by atoms with E-state index < -0.39 is 0 Å². The number of alkyl halides is 1. The molecule has 14 heavy (non-hydrogen) atoms. The lowest BCUT2D eigenvalue weighted by Crippen LogP contribution is -2.19. The summed E-state index contributed by atoms with van der Waals surface area (Å²) >= 11 is 6.98. The van der Waals surface area contributed by atoms with Crippen molar-refractivity contribution < 1.29 is 9.59 Å². The summed E-state index contributed by atoms with van der Waals surface area (Å²) in [5.74, 6) is -0.233. The van der Waals surface area contributed by atoms with Crippen molar-refractivity contribution in [3.63, 3.8) is 0 Å². The highest BCUT2D eigenvalue weighted by Crippen LogP contribution is 2.35. The predicted octanol–water partition coefficient (Wildman–Crippen LogP) is 2.40. The van der Waals surface area contributed by atoms with Gasteiger partial charge in [-0.1, -0.05) is 5.57 Å². The van der Waals surface area contributed by atoms with Crippen LogP contribution in [0.4, 0.5) is 4.79 Å². The molecule has 0 bridgehead atoms. The fourth-order valence-electron chi connectivity index (χ4n) is 1.70. The van der Waals surface area contributed by atoms with Crippen LogP contribution in [0.5, 0.6) is 0 Å². The van der Waals surface area contributed by atoms with Gasteiger partial charge in [0.15, 0.2) is 0 Å². The molecule has 3 nitrogen and oxygen atoms in total. The molecule has 1 saturated heterocycles. The highest BCUT2D eigenvalue weighted by molar-refractivity contribution is 8.18. The number of halogens is 1. The zero-order valence-electron chi connectivity index (χ0n) is 7.51. The van der Waals surface area contributed by atoms with Crippen LogP contribution >= 0.6 is 23.4 Å². The zero-order chi connectivity index (χ0) is 10.1. The largest absolute Gasteiger partial charge is 0.290 e. The van der Waals surface area contributed by atoms with E-state index in [9.17, 15) is 9.59 Å². The van der Waals surface area contributed by atoms with E-state index in [0.29, 0.717) is 4.91 Å². The first-order valence-electron chi connectivity index (χ1n) is 4.56. The molecule has 1 N–H and O–H groups in total. The Hall–Kier alpha value is -0.480. The van der Waals surface area contributed by atoms with Crippen molar-refractivity contribution in [1.29, 1.82) is 0 Å². The SMILES string of the molecule is O=C1NC(=O)C(=C2CCC(Cl)CC2)S1. The molecular weight excluding hydrogens is 222 g/mol. The summed E-state index contributed by atoms with van der Waals surface area (Å²) in [6.07, 6.45) is 3.50. The van der Waals surface area contributed by atoms with Gasteiger partial charge in [-0.2, -0.15) is 0 Å². The van der Waals surface area contributed by atoms with Crippen LogP contribution in [0.3, 0.4) is 0 Å². The third-order valence-electron chi connectivity index (χ3n) is 2.46. The van der Waals surface area contributed by atoms with Crippen LogP contribution < -0.4 is 5.32 Å². The van der Waals surface area contributed by atoms with Gasteiger partial charge in [0.05, 0.1) is 4.91 Å². The Kier molecular flexibility index (Phi) is 2.83. The van der Waals surface area contributed by atoms with Crippen LogP contribution in [0.2, 0.25) is 0 Å². The number of carbonyl (C=O) groups is 2. The molecule has 1 aliphatic heterocycles. The van der Waals surface area contributed by atoms with E-state index in [1.165, 1.54) is 0 Å². The molecule has 0 atom stereocenters. The minimum absolute atomic E-state index is 0.226. The minimum atomic E-state index is -0.259. The second-order valence-corrected chi connectivity index (χ2v) is 5.05. The summed E-state index contributed by atoms with van der Waals surface area (Å²) < 4.78 is 0. The Balaban J connectivity index is 2.15. The topological polar surface area (TPSA) is 46.2 Å². The minimum Gasteiger partial charge on any atom is -0.282 e. The summed E-state index contributed by atoms with van der Waals surface area (Å²) in [5, 5.41) is 2.24. The highest BCUT2D eigenvalue weighted by atomic mass is 35.5. The first-order valence-corrected chi connectivity index (χ1v) is 5.81. The molecule has 1 saturated carbocycles. The number of carbonyl (C=O) groups excluding carboxylic acids is 2. The van der Waals surface area contributed by atoms with Gasteiger partial charge in [-0.25, -0.2) is 0 Å². The lowest BCUT2D eigenvalue weighted by atomic mass is 9.94. The molecule has 0 aromatic heterocycles.